The number of nitrogens with zero attached hydrogens (tertiary/aromatic N) is 1. The molecule has 3 aromatic rings. The third-order valence-corrected chi connectivity index (χ3v) is 6.44. The van der Waals surface area contributed by atoms with Crippen LogP contribution in [0.5, 0.6) is 0 Å². The largest absolute Gasteiger partial charge is 0.376 e. The van der Waals surface area contributed by atoms with Gasteiger partial charge < -0.3 is 15.4 Å². The van der Waals surface area contributed by atoms with Crippen LogP contribution < -0.4 is 16.2 Å². The van der Waals surface area contributed by atoms with Gasteiger partial charge in [0.25, 0.3) is 11.5 Å². The molecule has 2 N–H and O–H groups in total. The fourth-order valence-corrected chi connectivity index (χ4v) is 4.60. The van der Waals surface area contributed by atoms with Gasteiger partial charge in [0, 0.05) is 24.9 Å². The summed E-state index contributed by atoms with van der Waals surface area (Å²) < 4.78 is 21.1. The highest BCUT2D eigenvalue weighted by Gasteiger charge is 2.29. The fraction of sp³-hybridized carbons (Fsp3) is 0.292. The summed E-state index contributed by atoms with van der Waals surface area (Å²) >= 11 is 7.12. The number of thiophene rings is 1. The third kappa shape index (κ3) is 6.75. The normalized spacial score (nSPS) is 16.9. The molecule has 1 aliphatic carbocycles. The summed E-state index contributed by atoms with van der Waals surface area (Å²) in [6.45, 7) is 2.68. The van der Waals surface area contributed by atoms with Gasteiger partial charge in [-0.25, -0.2) is 4.39 Å². The predicted octanol–water partition coefficient (Wildman–Crippen LogP) is 4.63. The number of pyridine rings is 1. The van der Waals surface area contributed by atoms with E-state index in [2.05, 4.69) is 10.6 Å². The van der Waals surface area contributed by atoms with Crippen molar-refractivity contribution in [3.63, 3.8) is 0 Å². The number of hydrogen-bond acceptors (Lipinski definition) is 5. The Morgan fingerprint density at radius 3 is 2.74 bits per heavy atom. The minimum absolute atomic E-state index is 0.0431. The van der Waals surface area contributed by atoms with Gasteiger partial charge in [0.2, 0.25) is 6.41 Å². The van der Waals surface area contributed by atoms with Gasteiger partial charge in [0.1, 0.15) is 5.82 Å². The SMILES string of the molecule is CCOC1CCCC1NC(=O)c1ccc(Cl)s1.O=CNc1ccc(-n2ccccc2=O)cc1F. The first-order chi connectivity index (χ1) is 16.4. The maximum atomic E-state index is 13.5. The van der Waals surface area contributed by atoms with Gasteiger partial charge >= 0.3 is 0 Å². The number of nitrogens with one attached hydrogen (secondary N) is 2. The molecule has 180 valence electrons. The zero-order valence-corrected chi connectivity index (χ0v) is 20.1. The van der Waals surface area contributed by atoms with Crippen LogP contribution >= 0.6 is 22.9 Å². The Labute approximate surface area is 205 Å². The van der Waals surface area contributed by atoms with Crippen molar-refractivity contribution in [2.45, 2.75) is 38.3 Å². The second-order valence-corrected chi connectivity index (χ2v) is 9.16. The summed E-state index contributed by atoms with van der Waals surface area (Å²) in [5.41, 5.74) is 0.236. The lowest BCUT2D eigenvalue weighted by molar-refractivity contribution is -0.105. The highest BCUT2D eigenvalue weighted by molar-refractivity contribution is 7.18. The maximum absolute atomic E-state index is 13.5. The number of hydrogen-bond donors (Lipinski definition) is 2. The standard InChI is InChI=1S/C12H16ClNO2S.C12H9FN2O2/c1-2-16-9-5-3-4-8(9)14-12(15)10-6-7-11(13)17-10;13-10-7-9(4-5-11(10)14-8-16)15-6-2-1-3-12(15)17/h6-9H,2-5H2,1H3,(H,14,15);1-8H,(H,14,16). The molecule has 34 heavy (non-hydrogen) atoms. The number of benzene rings is 1. The van der Waals surface area contributed by atoms with Crippen molar-refractivity contribution in [1.29, 1.82) is 0 Å². The number of anilines is 1. The van der Waals surface area contributed by atoms with Crippen molar-refractivity contribution >= 4 is 40.9 Å². The summed E-state index contributed by atoms with van der Waals surface area (Å²) in [4.78, 5) is 34.3. The quantitative estimate of drug-likeness (QED) is 0.458. The summed E-state index contributed by atoms with van der Waals surface area (Å²) in [5.74, 6) is -0.635. The molecule has 1 fully saturated rings. The molecule has 1 aliphatic rings. The molecule has 2 heterocycles. The second kappa shape index (κ2) is 12.5. The van der Waals surface area contributed by atoms with E-state index in [1.54, 1.807) is 36.5 Å². The summed E-state index contributed by atoms with van der Waals surface area (Å²) in [6.07, 6.45) is 5.25. The molecule has 0 radical (unpaired) electrons. The average Bonchev–Trinajstić information content (AvgIpc) is 3.45. The Morgan fingerprint density at radius 2 is 2.09 bits per heavy atom. The summed E-state index contributed by atoms with van der Waals surface area (Å²) in [7, 11) is 0. The Morgan fingerprint density at radius 1 is 1.26 bits per heavy atom. The van der Waals surface area contributed by atoms with Crippen molar-refractivity contribution in [2.75, 3.05) is 11.9 Å². The molecule has 10 heteroatoms. The zero-order valence-electron chi connectivity index (χ0n) is 18.5. The molecule has 1 aromatic carbocycles. The molecule has 0 aliphatic heterocycles. The molecular formula is C24H25ClFN3O4S. The number of rotatable bonds is 7. The Kier molecular flexibility index (Phi) is 9.38. The number of amides is 2. The Hall–Kier alpha value is -3.01. The van der Waals surface area contributed by atoms with Crippen molar-refractivity contribution in [2.24, 2.45) is 0 Å². The van der Waals surface area contributed by atoms with E-state index in [9.17, 15) is 18.8 Å². The van der Waals surface area contributed by atoms with E-state index in [0.29, 0.717) is 27.9 Å². The molecular weight excluding hydrogens is 481 g/mol. The van der Waals surface area contributed by atoms with E-state index in [1.807, 2.05) is 6.92 Å². The molecule has 2 amide bonds. The summed E-state index contributed by atoms with van der Waals surface area (Å²) in [6, 6.07) is 12.5. The molecule has 0 spiro atoms. The highest BCUT2D eigenvalue weighted by atomic mass is 35.5. The van der Waals surface area contributed by atoms with Crippen molar-refractivity contribution in [3.8, 4) is 5.69 Å². The first-order valence-corrected chi connectivity index (χ1v) is 12.0. The van der Waals surface area contributed by atoms with Crippen LogP contribution in [0.1, 0.15) is 35.9 Å². The van der Waals surface area contributed by atoms with E-state index < -0.39 is 5.82 Å². The molecule has 0 bridgehead atoms. The van der Waals surface area contributed by atoms with Crippen LogP contribution in [0.15, 0.2) is 59.5 Å². The van der Waals surface area contributed by atoms with Crippen LogP contribution in [0.3, 0.4) is 0 Å². The number of carbonyl (C=O) groups excluding carboxylic acids is 2. The molecule has 2 aromatic heterocycles. The lowest BCUT2D eigenvalue weighted by Gasteiger charge is -2.20. The Balaban J connectivity index is 0.000000191. The van der Waals surface area contributed by atoms with Gasteiger partial charge in [-0.3, -0.25) is 19.0 Å². The molecule has 1 saturated carbocycles. The van der Waals surface area contributed by atoms with Crippen LogP contribution in [-0.2, 0) is 9.53 Å². The third-order valence-electron chi connectivity index (χ3n) is 5.21. The van der Waals surface area contributed by atoms with Crippen LogP contribution in [0, 0.1) is 5.82 Å². The number of carbonyl (C=O) groups is 2. The lowest BCUT2D eigenvalue weighted by atomic mass is 10.2. The lowest BCUT2D eigenvalue weighted by Crippen LogP contribution is -2.40. The van der Waals surface area contributed by atoms with Gasteiger partial charge in [-0.1, -0.05) is 17.7 Å². The summed E-state index contributed by atoms with van der Waals surface area (Å²) in [5, 5.41) is 5.26. The topological polar surface area (TPSA) is 89.4 Å². The van der Waals surface area contributed by atoms with Gasteiger partial charge in [0.05, 0.1) is 32.7 Å². The van der Waals surface area contributed by atoms with Crippen molar-refractivity contribution in [1.82, 2.24) is 9.88 Å². The molecule has 2 unspecified atom stereocenters. The molecule has 0 saturated heterocycles. The van der Waals surface area contributed by atoms with Gasteiger partial charge in [-0.15, -0.1) is 11.3 Å². The number of ether oxygens (including phenoxy) is 1. The first kappa shape index (κ1) is 25.6. The van der Waals surface area contributed by atoms with Gasteiger partial charge in [-0.05, 0) is 56.5 Å². The molecule has 2 atom stereocenters. The minimum Gasteiger partial charge on any atom is -0.376 e. The Bertz CT molecular complexity index is 1180. The van der Waals surface area contributed by atoms with Crippen LogP contribution in [-0.4, -0.2) is 35.6 Å². The van der Waals surface area contributed by atoms with E-state index in [-0.39, 0.29) is 29.3 Å². The monoisotopic (exact) mass is 505 g/mol. The van der Waals surface area contributed by atoms with Crippen LogP contribution in [0.2, 0.25) is 4.34 Å². The number of aromatic nitrogens is 1. The van der Waals surface area contributed by atoms with Gasteiger partial charge in [0.15, 0.2) is 0 Å². The van der Waals surface area contributed by atoms with E-state index in [4.69, 9.17) is 16.3 Å². The zero-order chi connectivity index (χ0) is 24.5. The minimum atomic E-state index is -0.592. The van der Waals surface area contributed by atoms with Crippen LogP contribution in [0.25, 0.3) is 5.69 Å². The average molecular weight is 506 g/mol. The highest BCUT2D eigenvalue weighted by Crippen LogP contribution is 2.25. The van der Waals surface area contributed by atoms with Crippen molar-refractivity contribution < 1.29 is 18.7 Å². The smallest absolute Gasteiger partial charge is 0.261 e. The number of halogens is 2. The van der Waals surface area contributed by atoms with E-state index in [1.165, 1.54) is 34.1 Å². The van der Waals surface area contributed by atoms with Crippen LogP contribution in [0.4, 0.5) is 10.1 Å². The molecule has 4 rings (SSSR count). The fourth-order valence-electron chi connectivity index (χ4n) is 3.66. The van der Waals surface area contributed by atoms with E-state index in [0.717, 1.165) is 19.3 Å². The predicted molar refractivity (Wildman–Crippen MR) is 132 cm³/mol. The maximum Gasteiger partial charge on any atom is 0.261 e. The van der Waals surface area contributed by atoms with Gasteiger partial charge in [-0.2, -0.15) is 0 Å². The van der Waals surface area contributed by atoms with Crippen molar-refractivity contribution in [3.05, 3.63) is 80.1 Å². The second-order valence-electron chi connectivity index (χ2n) is 7.44. The first-order valence-electron chi connectivity index (χ1n) is 10.8. The molecule has 7 nitrogen and oxygen atoms in total. The van der Waals surface area contributed by atoms with E-state index >= 15 is 0 Å².